The second kappa shape index (κ2) is 8.45. The Morgan fingerprint density at radius 1 is 1.19 bits per heavy atom. The molecular formula is C19H13Cl2FN2OS. The van der Waals surface area contributed by atoms with Crippen molar-refractivity contribution >= 4 is 51.7 Å². The molecule has 0 unspecified atom stereocenters. The van der Waals surface area contributed by atoms with Crippen LogP contribution >= 0.6 is 34.5 Å². The van der Waals surface area contributed by atoms with Crippen LogP contribution in [0.2, 0.25) is 10.0 Å². The van der Waals surface area contributed by atoms with Gasteiger partial charge in [0.2, 0.25) is 5.91 Å². The molecule has 0 bridgehead atoms. The van der Waals surface area contributed by atoms with Crippen LogP contribution in [-0.2, 0) is 11.2 Å². The summed E-state index contributed by atoms with van der Waals surface area (Å²) in [5, 5.41) is 4.45. The smallest absolute Gasteiger partial charge is 0.250 e. The first-order valence-electron chi connectivity index (χ1n) is 7.63. The van der Waals surface area contributed by atoms with Gasteiger partial charge in [-0.25, -0.2) is 9.37 Å². The van der Waals surface area contributed by atoms with Crippen LogP contribution in [0, 0.1) is 5.82 Å². The quantitative estimate of drug-likeness (QED) is 0.541. The molecule has 2 aromatic carbocycles. The zero-order valence-corrected chi connectivity index (χ0v) is 15.7. The van der Waals surface area contributed by atoms with Crippen molar-refractivity contribution in [2.45, 2.75) is 6.42 Å². The lowest BCUT2D eigenvalue weighted by Crippen LogP contribution is -2.07. The highest BCUT2D eigenvalue weighted by Gasteiger charge is 2.08. The van der Waals surface area contributed by atoms with Gasteiger partial charge in [0.05, 0.1) is 0 Å². The Kier molecular flexibility index (Phi) is 6.04. The number of halogens is 3. The van der Waals surface area contributed by atoms with Gasteiger partial charge in [0.1, 0.15) is 5.82 Å². The van der Waals surface area contributed by atoms with Crippen molar-refractivity contribution in [3.05, 3.63) is 86.6 Å². The fourth-order valence-electron chi connectivity index (χ4n) is 2.21. The van der Waals surface area contributed by atoms with Crippen molar-refractivity contribution in [3.63, 3.8) is 0 Å². The van der Waals surface area contributed by atoms with E-state index in [0.29, 0.717) is 21.6 Å². The Labute approximate surface area is 164 Å². The van der Waals surface area contributed by atoms with Crippen LogP contribution in [0.25, 0.3) is 6.08 Å². The summed E-state index contributed by atoms with van der Waals surface area (Å²) in [7, 11) is 0. The summed E-state index contributed by atoms with van der Waals surface area (Å²) >= 11 is 13.5. The summed E-state index contributed by atoms with van der Waals surface area (Å²) in [5.74, 6) is -0.627. The number of hydrogen-bond acceptors (Lipinski definition) is 3. The van der Waals surface area contributed by atoms with Crippen LogP contribution in [0.15, 0.2) is 54.7 Å². The predicted octanol–water partition coefficient (Wildman–Crippen LogP) is 5.83. The third-order valence-electron chi connectivity index (χ3n) is 3.45. The lowest BCUT2D eigenvalue weighted by Gasteiger charge is -2.02. The Balaban J connectivity index is 1.61. The van der Waals surface area contributed by atoms with Gasteiger partial charge in [-0.1, -0.05) is 35.3 Å². The maximum absolute atomic E-state index is 12.9. The van der Waals surface area contributed by atoms with Crippen molar-refractivity contribution in [1.29, 1.82) is 0 Å². The zero-order valence-electron chi connectivity index (χ0n) is 13.4. The topological polar surface area (TPSA) is 42.0 Å². The van der Waals surface area contributed by atoms with Gasteiger partial charge in [-0.3, -0.25) is 10.1 Å². The number of carbonyl (C=O) groups excluding carboxylic acids is 1. The molecule has 0 radical (unpaired) electrons. The number of nitrogens with zero attached hydrogens (tertiary/aromatic N) is 1. The number of anilines is 1. The van der Waals surface area contributed by atoms with Crippen LogP contribution in [0.3, 0.4) is 0 Å². The molecule has 0 saturated carbocycles. The Morgan fingerprint density at radius 2 is 1.96 bits per heavy atom. The van der Waals surface area contributed by atoms with E-state index in [1.165, 1.54) is 29.5 Å². The summed E-state index contributed by atoms with van der Waals surface area (Å²) in [6, 6.07) is 11.2. The summed E-state index contributed by atoms with van der Waals surface area (Å²) in [6.45, 7) is 0. The normalized spacial score (nSPS) is 11.0. The molecule has 132 valence electrons. The minimum absolute atomic E-state index is 0.309. The maximum Gasteiger partial charge on any atom is 0.250 e. The Hall–Kier alpha value is -2.21. The molecule has 0 aliphatic rings. The van der Waals surface area contributed by atoms with Gasteiger partial charge in [-0.05, 0) is 47.5 Å². The van der Waals surface area contributed by atoms with Crippen LogP contribution < -0.4 is 5.32 Å². The number of amides is 1. The lowest BCUT2D eigenvalue weighted by molar-refractivity contribution is -0.111. The molecular weight excluding hydrogens is 394 g/mol. The van der Waals surface area contributed by atoms with E-state index in [9.17, 15) is 9.18 Å². The highest BCUT2D eigenvalue weighted by molar-refractivity contribution is 7.15. The second-order valence-corrected chi connectivity index (χ2v) is 7.38. The molecule has 7 heteroatoms. The van der Waals surface area contributed by atoms with E-state index >= 15 is 0 Å². The van der Waals surface area contributed by atoms with E-state index in [4.69, 9.17) is 23.2 Å². The van der Waals surface area contributed by atoms with Crippen LogP contribution in [0.5, 0.6) is 0 Å². The van der Waals surface area contributed by atoms with Crippen LogP contribution in [0.1, 0.15) is 16.0 Å². The van der Waals surface area contributed by atoms with E-state index in [1.54, 1.807) is 36.5 Å². The molecule has 0 fully saturated rings. The number of rotatable bonds is 5. The first kappa shape index (κ1) is 18.6. The zero-order chi connectivity index (χ0) is 18.5. The van der Waals surface area contributed by atoms with E-state index in [-0.39, 0.29) is 11.7 Å². The van der Waals surface area contributed by atoms with Gasteiger partial charge in [0.15, 0.2) is 5.13 Å². The second-order valence-electron chi connectivity index (χ2n) is 5.42. The van der Waals surface area contributed by atoms with Gasteiger partial charge in [0.25, 0.3) is 0 Å². The van der Waals surface area contributed by atoms with Gasteiger partial charge >= 0.3 is 0 Å². The highest BCUT2D eigenvalue weighted by Crippen LogP contribution is 2.27. The number of carbonyl (C=O) groups is 1. The molecule has 1 amide bonds. The Morgan fingerprint density at radius 3 is 2.73 bits per heavy atom. The summed E-state index contributed by atoms with van der Waals surface area (Å²) in [5.41, 5.74) is 1.63. The molecule has 3 aromatic rings. The van der Waals surface area contributed by atoms with Gasteiger partial charge < -0.3 is 0 Å². The van der Waals surface area contributed by atoms with Gasteiger partial charge in [-0.2, -0.15) is 0 Å². The standard InChI is InChI=1S/C19H13Cl2FN2OS/c20-14-4-7-17(21)13(9-14)10-16-11-23-19(26-16)24-18(25)8-3-12-1-5-15(22)6-2-12/h1-9,11H,10H2,(H,23,24,25)/b8-3+. The summed E-state index contributed by atoms with van der Waals surface area (Å²) in [6.07, 6.45) is 5.26. The van der Waals surface area contributed by atoms with E-state index in [2.05, 4.69) is 10.3 Å². The summed E-state index contributed by atoms with van der Waals surface area (Å²) in [4.78, 5) is 17.1. The third-order valence-corrected chi connectivity index (χ3v) is 4.97. The fraction of sp³-hybridized carbons (Fsp3) is 0.0526. The monoisotopic (exact) mass is 406 g/mol. The number of aromatic nitrogens is 1. The molecule has 3 nitrogen and oxygen atoms in total. The lowest BCUT2D eigenvalue weighted by atomic mass is 10.1. The third kappa shape index (κ3) is 5.14. The van der Waals surface area contributed by atoms with Crippen molar-refractivity contribution < 1.29 is 9.18 Å². The molecule has 0 aliphatic carbocycles. The SMILES string of the molecule is O=C(/C=C/c1ccc(F)cc1)Nc1ncc(Cc2cc(Cl)ccc2Cl)s1. The molecule has 0 saturated heterocycles. The van der Waals surface area contributed by atoms with Gasteiger partial charge in [0, 0.05) is 33.6 Å². The Bertz CT molecular complexity index is 954. The van der Waals surface area contributed by atoms with E-state index in [1.807, 2.05) is 6.07 Å². The largest absolute Gasteiger partial charge is 0.298 e. The predicted molar refractivity (Wildman–Crippen MR) is 105 cm³/mol. The minimum atomic E-state index is -0.318. The average Bonchev–Trinajstić information content (AvgIpc) is 3.04. The van der Waals surface area contributed by atoms with Crippen LogP contribution in [0.4, 0.5) is 9.52 Å². The van der Waals surface area contributed by atoms with Crippen molar-refractivity contribution in [2.24, 2.45) is 0 Å². The van der Waals surface area contributed by atoms with Crippen molar-refractivity contribution in [3.8, 4) is 0 Å². The van der Waals surface area contributed by atoms with Gasteiger partial charge in [-0.15, -0.1) is 11.3 Å². The molecule has 0 spiro atoms. The minimum Gasteiger partial charge on any atom is -0.298 e. The van der Waals surface area contributed by atoms with Crippen molar-refractivity contribution in [1.82, 2.24) is 4.98 Å². The first-order valence-corrected chi connectivity index (χ1v) is 9.20. The molecule has 3 rings (SSSR count). The molecule has 1 aromatic heterocycles. The molecule has 1 heterocycles. The van der Waals surface area contributed by atoms with E-state index < -0.39 is 0 Å². The van der Waals surface area contributed by atoms with E-state index in [0.717, 1.165) is 16.0 Å². The maximum atomic E-state index is 12.9. The highest BCUT2D eigenvalue weighted by atomic mass is 35.5. The average molecular weight is 407 g/mol. The summed E-state index contributed by atoms with van der Waals surface area (Å²) < 4.78 is 12.9. The number of benzene rings is 2. The number of nitrogens with one attached hydrogen (secondary N) is 1. The number of hydrogen-bond donors (Lipinski definition) is 1. The fourth-order valence-corrected chi connectivity index (χ4v) is 3.42. The first-order chi connectivity index (χ1) is 12.5. The number of thiazole rings is 1. The molecule has 0 atom stereocenters. The molecule has 26 heavy (non-hydrogen) atoms. The molecule has 1 N–H and O–H groups in total. The molecule has 0 aliphatic heterocycles. The van der Waals surface area contributed by atoms with Crippen LogP contribution in [-0.4, -0.2) is 10.9 Å². The van der Waals surface area contributed by atoms with Crippen molar-refractivity contribution in [2.75, 3.05) is 5.32 Å².